The zero-order chi connectivity index (χ0) is 12.4. The summed E-state index contributed by atoms with van der Waals surface area (Å²) in [5, 5.41) is 10.5. The zero-order valence-corrected chi connectivity index (χ0v) is 9.59. The van der Waals surface area contributed by atoms with Crippen LogP contribution in [-0.4, -0.2) is 21.8 Å². The van der Waals surface area contributed by atoms with Gasteiger partial charge in [0.15, 0.2) is 6.10 Å². The summed E-state index contributed by atoms with van der Waals surface area (Å²) in [6.07, 6.45) is -0.467. The van der Waals surface area contributed by atoms with Crippen molar-refractivity contribution in [2.75, 3.05) is 6.61 Å². The number of rotatable bonds is 2. The van der Waals surface area contributed by atoms with Crippen molar-refractivity contribution in [1.29, 1.82) is 0 Å². The highest BCUT2D eigenvalue weighted by Gasteiger charge is 2.32. The second-order valence-corrected chi connectivity index (χ2v) is 4.45. The van der Waals surface area contributed by atoms with Gasteiger partial charge in [-0.15, -0.1) is 0 Å². The highest BCUT2D eigenvalue weighted by atomic mass is 32.2. The van der Waals surface area contributed by atoms with Gasteiger partial charge in [-0.2, -0.15) is 4.21 Å². The Hall–Kier alpha value is -1.35. The molecule has 92 valence electrons. The van der Waals surface area contributed by atoms with E-state index in [1.54, 1.807) is 12.1 Å². The second-order valence-electron chi connectivity index (χ2n) is 3.61. The van der Waals surface area contributed by atoms with Crippen molar-refractivity contribution in [3.63, 3.8) is 0 Å². The van der Waals surface area contributed by atoms with Crippen LogP contribution in [0.3, 0.4) is 0 Å². The minimum Gasteiger partial charge on any atom is -0.351 e. The third-order valence-corrected chi connectivity index (χ3v) is 3.11. The van der Waals surface area contributed by atoms with E-state index < -0.39 is 22.4 Å². The molecule has 3 N–H and O–H groups in total. The molecule has 0 amide bonds. The van der Waals surface area contributed by atoms with E-state index in [4.69, 9.17) is 8.37 Å². The molecule has 1 saturated heterocycles. The number of quaternary nitrogens is 1. The fraction of sp³-hybridized carbons (Fsp3) is 0.333. The van der Waals surface area contributed by atoms with E-state index in [-0.39, 0.29) is 18.3 Å². The molecule has 0 saturated carbocycles. The van der Waals surface area contributed by atoms with Crippen LogP contribution in [-0.2, 0) is 19.7 Å². The first-order valence-corrected chi connectivity index (χ1v) is 5.87. The van der Waals surface area contributed by atoms with Crippen molar-refractivity contribution in [3.05, 3.63) is 39.9 Å². The molecule has 0 radical (unpaired) electrons. The van der Waals surface area contributed by atoms with E-state index in [1.807, 2.05) is 0 Å². The average Bonchev–Trinajstić information content (AvgIpc) is 2.32. The van der Waals surface area contributed by atoms with Crippen molar-refractivity contribution in [1.82, 2.24) is 0 Å². The Labute approximate surface area is 99.5 Å². The Bertz CT molecular complexity index is 449. The van der Waals surface area contributed by atoms with Crippen molar-refractivity contribution in [2.24, 2.45) is 0 Å². The molecule has 0 aliphatic carbocycles. The fourth-order valence-corrected chi connectivity index (χ4v) is 2.31. The molecule has 0 bridgehead atoms. The minimum absolute atomic E-state index is 0.00236. The Morgan fingerprint density at radius 2 is 2.06 bits per heavy atom. The lowest BCUT2D eigenvalue weighted by Crippen LogP contribution is -2.67. The molecule has 1 heterocycles. The SMILES string of the molecule is [NH3+][C@@H]1CO[S@](=O)O[C@@H]1c1ccc([N+](=O)[O-])cc1. The van der Waals surface area contributed by atoms with Crippen LogP contribution < -0.4 is 5.73 Å². The predicted molar refractivity (Wildman–Crippen MR) is 57.7 cm³/mol. The number of nitrogens with zero attached hydrogens (tertiary/aromatic N) is 1. The normalized spacial score (nSPS) is 28.9. The maximum absolute atomic E-state index is 11.1. The van der Waals surface area contributed by atoms with Crippen LogP contribution in [0.1, 0.15) is 11.7 Å². The molecule has 17 heavy (non-hydrogen) atoms. The van der Waals surface area contributed by atoms with Gasteiger partial charge in [-0.05, 0) is 17.7 Å². The van der Waals surface area contributed by atoms with Crippen molar-refractivity contribution < 1.29 is 23.2 Å². The molecule has 1 aromatic carbocycles. The molecular formula is C9H11N2O5S+. The average molecular weight is 259 g/mol. The number of non-ortho nitro benzene ring substituents is 1. The first kappa shape index (κ1) is 12.1. The van der Waals surface area contributed by atoms with E-state index in [2.05, 4.69) is 5.73 Å². The summed E-state index contributed by atoms with van der Waals surface area (Å²) in [7, 11) is 0. The lowest BCUT2D eigenvalue weighted by atomic mass is 10.0. The number of hydrogen-bond donors (Lipinski definition) is 1. The fourth-order valence-electron chi connectivity index (χ4n) is 1.53. The molecule has 1 aliphatic heterocycles. The van der Waals surface area contributed by atoms with E-state index in [0.29, 0.717) is 5.56 Å². The first-order chi connectivity index (χ1) is 8.08. The Morgan fingerprint density at radius 1 is 1.41 bits per heavy atom. The number of hydrogen-bond acceptors (Lipinski definition) is 5. The summed E-state index contributed by atoms with van der Waals surface area (Å²) in [4.78, 5) is 10.0. The van der Waals surface area contributed by atoms with Gasteiger partial charge in [0.1, 0.15) is 12.6 Å². The van der Waals surface area contributed by atoms with Crippen LogP contribution in [0.5, 0.6) is 0 Å². The Kier molecular flexibility index (Phi) is 3.48. The van der Waals surface area contributed by atoms with Gasteiger partial charge in [0.05, 0.1) is 4.92 Å². The molecule has 7 nitrogen and oxygen atoms in total. The summed E-state index contributed by atoms with van der Waals surface area (Å²) >= 11 is -1.78. The molecular weight excluding hydrogens is 248 g/mol. The van der Waals surface area contributed by atoms with Gasteiger partial charge in [0.25, 0.3) is 5.69 Å². The Balaban J connectivity index is 2.21. The topological polar surface area (TPSA) is 106 Å². The zero-order valence-electron chi connectivity index (χ0n) is 8.78. The molecule has 1 aromatic rings. The van der Waals surface area contributed by atoms with Crippen molar-refractivity contribution in [2.45, 2.75) is 12.1 Å². The number of nitro benzene ring substituents is 1. The second kappa shape index (κ2) is 4.88. The number of nitro groups is 1. The molecule has 8 heteroatoms. The van der Waals surface area contributed by atoms with Crippen LogP contribution >= 0.6 is 0 Å². The quantitative estimate of drug-likeness (QED) is 0.588. The van der Waals surface area contributed by atoms with Crippen molar-refractivity contribution >= 4 is 17.0 Å². The predicted octanol–water partition coefficient (Wildman–Crippen LogP) is -0.128. The Morgan fingerprint density at radius 3 is 2.65 bits per heavy atom. The van der Waals surface area contributed by atoms with Crippen LogP contribution in [0.4, 0.5) is 5.69 Å². The number of benzene rings is 1. The maximum atomic E-state index is 11.1. The van der Waals surface area contributed by atoms with E-state index >= 15 is 0 Å². The maximum Gasteiger partial charge on any atom is 0.305 e. The van der Waals surface area contributed by atoms with Crippen LogP contribution in [0, 0.1) is 10.1 Å². The summed E-state index contributed by atoms with van der Waals surface area (Å²) in [5.74, 6) is 0. The van der Waals surface area contributed by atoms with Crippen LogP contribution in [0.15, 0.2) is 24.3 Å². The first-order valence-electron chi connectivity index (χ1n) is 4.87. The van der Waals surface area contributed by atoms with Gasteiger partial charge in [-0.3, -0.25) is 18.5 Å². The minimum atomic E-state index is -1.78. The molecule has 0 unspecified atom stereocenters. The summed E-state index contributed by atoms with van der Waals surface area (Å²) in [6.45, 7) is 0.230. The lowest BCUT2D eigenvalue weighted by molar-refractivity contribution is -0.444. The van der Waals surface area contributed by atoms with E-state index in [9.17, 15) is 14.3 Å². The summed E-state index contributed by atoms with van der Waals surface area (Å²) in [6, 6.07) is 5.70. The standard InChI is InChI=1S/C9H10N2O5S/c10-8-5-15-17(14)16-9(8)6-1-3-7(4-2-6)11(12)13/h1-4,8-9H,5,10H2/p+1/t8-,9-,17+/m1/s1. The van der Waals surface area contributed by atoms with E-state index in [1.165, 1.54) is 12.1 Å². The van der Waals surface area contributed by atoms with Gasteiger partial charge >= 0.3 is 11.4 Å². The van der Waals surface area contributed by atoms with Crippen LogP contribution in [0.2, 0.25) is 0 Å². The molecule has 0 spiro atoms. The smallest absolute Gasteiger partial charge is 0.305 e. The third-order valence-electron chi connectivity index (χ3n) is 2.42. The van der Waals surface area contributed by atoms with Gasteiger partial charge in [0.2, 0.25) is 0 Å². The van der Waals surface area contributed by atoms with Gasteiger partial charge < -0.3 is 5.73 Å². The summed E-state index contributed by atoms with van der Waals surface area (Å²) in [5.41, 5.74) is 4.53. The molecule has 0 aromatic heterocycles. The van der Waals surface area contributed by atoms with E-state index in [0.717, 1.165) is 0 Å². The molecule has 2 rings (SSSR count). The highest BCUT2D eigenvalue weighted by Crippen LogP contribution is 2.26. The van der Waals surface area contributed by atoms with Gasteiger partial charge in [-0.1, -0.05) is 0 Å². The largest absolute Gasteiger partial charge is 0.351 e. The van der Waals surface area contributed by atoms with Crippen LogP contribution in [0.25, 0.3) is 0 Å². The van der Waals surface area contributed by atoms with Gasteiger partial charge in [-0.25, -0.2) is 0 Å². The van der Waals surface area contributed by atoms with Crippen molar-refractivity contribution in [3.8, 4) is 0 Å². The molecule has 1 fully saturated rings. The van der Waals surface area contributed by atoms with Gasteiger partial charge in [0, 0.05) is 12.1 Å². The molecule has 1 aliphatic rings. The monoisotopic (exact) mass is 259 g/mol. The lowest BCUT2D eigenvalue weighted by Gasteiger charge is -2.24. The highest BCUT2D eigenvalue weighted by molar-refractivity contribution is 7.75. The molecule has 3 atom stereocenters. The summed E-state index contributed by atoms with van der Waals surface area (Å²) < 4.78 is 21.0. The third kappa shape index (κ3) is 2.67.